The maximum Gasteiger partial charge on any atom is 0.270 e. The number of carbonyl (C=O) groups excluding carboxylic acids is 1. The fourth-order valence-electron chi connectivity index (χ4n) is 3.76. The molecule has 8 heteroatoms. The molecule has 0 saturated carbocycles. The molecule has 1 saturated heterocycles. The lowest BCUT2D eigenvalue weighted by atomic mass is 9.97. The molecule has 30 heavy (non-hydrogen) atoms. The van der Waals surface area contributed by atoms with Crippen molar-refractivity contribution in [3.05, 3.63) is 52.7 Å². The minimum Gasteiger partial charge on any atom is -0.497 e. The van der Waals surface area contributed by atoms with Gasteiger partial charge in [0, 0.05) is 30.6 Å². The number of benzene rings is 1. The maximum absolute atomic E-state index is 12.7. The molecule has 7 nitrogen and oxygen atoms in total. The van der Waals surface area contributed by atoms with E-state index < -0.39 is 0 Å². The van der Waals surface area contributed by atoms with E-state index in [1.54, 1.807) is 13.2 Å². The summed E-state index contributed by atoms with van der Waals surface area (Å²) in [5.74, 6) is 1.13. The van der Waals surface area contributed by atoms with Crippen LogP contribution in [0.1, 0.15) is 12.8 Å². The van der Waals surface area contributed by atoms with E-state index >= 15 is 0 Å². The van der Waals surface area contributed by atoms with Crippen molar-refractivity contribution in [2.45, 2.75) is 12.8 Å². The van der Waals surface area contributed by atoms with Gasteiger partial charge in [0.05, 0.1) is 18.5 Å². The molecule has 0 spiro atoms. The molecule has 0 radical (unpaired) electrons. The summed E-state index contributed by atoms with van der Waals surface area (Å²) < 4.78 is 5.92. The van der Waals surface area contributed by atoms with E-state index in [2.05, 4.69) is 16.9 Å². The predicted octanol–water partition coefficient (Wildman–Crippen LogP) is 3.18. The van der Waals surface area contributed by atoms with Crippen LogP contribution in [-0.4, -0.2) is 42.6 Å². The van der Waals surface area contributed by atoms with E-state index in [4.69, 9.17) is 9.72 Å². The third-order valence-corrected chi connectivity index (χ3v) is 6.28. The Labute approximate surface area is 178 Å². The van der Waals surface area contributed by atoms with Crippen molar-refractivity contribution in [1.82, 2.24) is 15.3 Å². The van der Waals surface area contributed by atoms with Gasteiger partial charge in [-0.25, -0.2) is 4.98 Å². The lowest BCUT2D eigenvalue weighted by Crippen LogP contribution is -2.44. The molecule has 3 heterocycles. The zero-order valence-corrected chi connectivity index (χ0v) is 17.6. The number of thiophene rings is 1. The Kier molecular flexibility index (Phi) is 5.85. The van der Waals surface area contributed by atoms with Gasteiger partial charge >= 0.3 is 0 Å². The zero-order chi connectivity index (χ0) is 21.1. The molecule has 1 aliphatic rings. The Morgan fingerprint density at radius 3 is 3.17 bits per heavy atom. The van der Waals surface area contributed by atoms with E-state index in [-0.39, 0.29) is 17.4 Å². The van der Waals surface area contributed by atoms with Crippen LogP contribution in [0.2, 0.25) is 0 Å². The molecular weight excluding hydrogens is 400 g/mol. The van der Waals surface area contributed by atoms with Crippen LogP contribution in [0.15, 0.2) is 47.1 Å². The normalized spacial score (nSPS) is 16.4. The summed E-state index contributed by atoms with van der Waals surface area (Å²) in [4.78, 5) is 34.8. The molecule has 3 aromatic rings. The van der Waals surface area contributed by atoms with Crippen LogP contribution < -0.4 is 20.5 Å². The smallest absolute Gasteiger partial charge is 0.270 e. The van der Waals surface area contributed by atoms with E-state index in [0.717, 1.165) is 36.3 Å². The van der Waals surface area contributed by atoms with Crippen LogP contribution in [-0.2, 0) is 4.79 Å². The number of nitrogens with one attached hydrogen (secondary N) is 2. The summed E-state index contributed by atoms with van der Waals surface area (Å²) >= 11 is 1.38. The number of nitrogens with zero attached hydrogens (tertiary/aromatic N) is 2. The lowest BCUT2D eigenvalue weighted by molar-refractivity contribution is -0.125. The standard InChI is InChI=1S/C22H24N4O3S/c1-3-9-23-20(27)15-7-5-10-26(12-15)22-24-18-17(13-30-19(18)21(28)25-22)14-6-4-8-16(11-14)29-2/h3-4,6,8,11,13,15H,1,5,7,9-10,12H2,2H3,(H,23,27)(H,24,25,28)/t15-/m0/s1. The second-order valence-electron chi connectivity index (χ2n) is 7.27. The Hall–Kier alpha value is -3.13. The van der Waals surface area contributed by atoms with Gasteiger partial charge in [-0.05, 0) is 30.5 Å². The van der Waals surface area contributed by atoms with Crippen molar-refractivity contribution < 1.29 is 9.53 Å². The quantitative estimate of drug-likeness (QED) is 0.594. The van der Waals surface area contributed by atoms with Crippen molar-refractivity contribution in [2.24, 2.45) is 5.92 Å². The van der Waals surface area contributed by atoms with Crippen LogP contribution in [0.25, 0.3) is 21.3 Å². The molecule has 4 rings (SSSR count). The summed E-state index contributed by atoms with van der Waals surface area (Å²) in [6.07, 6.45) is 3.35. The fraction of sp³-hybridized carbons (Fsp3) is 0.318. The minimum absolute atomic E-state index is 0.00984. The van der Waals surface area contributed by atoms with Crippen molar-refractivity contribution in [3.63, 3.8) is 0 Å². The monoisotopic (exact) mass is 424 g/mol. The van der Waals surface area contributed by atoms with Gasteiger partial charge in [0.15, 0.2) is 0 Å². The second-order valence-corrected chi connectivity index (χ2v) is 8.15. The number of aromatic amines is 1. The van der Waals surface area contributed by atoms with E-state index in [9.17, 15) is 9.59 Å². The van der Waals surface area contributed by atoms with E-state index in [1.165, 1.54) is 11.3 Å². The number of hydrogen-bond acceptors (Lipinski definition) is 6. The first-order valence-corrected chi connectivity index (χ1v) is 10.8. The topological polar surface area (TPSA) is 87.3 Å². The van der Waals surface area contributed by atoms with Gasteiger partial charge in [-0.2, -0.15) is 0 Å². The highest BCUT2D eigenvalue weighted by Gasteiger charge is 2.27. The van der Waals surface area contributed by atoms with Gasteiger partial charge in [0.1, 0.15) is 10.4 Å². The van der Waals surface area contributed by atoms with Crippen LogP contribution in [0.3, 0.4) is 0 Å². The number of amides is 1. The minimum atomic E-state index is -0.160. The van der Waals surface area contributed by atoms with Crippen molar-refractivity contribution in [2.75, 3.05) is 31.6 Å². The number of carbonyl (C=O) groups is 1. The number of aromatic nitrogens is 2. The summed E-state index contributed by atoms with van der Waals surface area (Å²) in [5.41, 5.74) is 2.36. The lowest BCUT2D eigenvalue weighted by Gasteiger charge is -2.32. The van der Waals surface area contributed by atoms with Gasteiger partial charge in [0.25, 0.3) is 5.56 Å². The highest BCUT2D eigenvalue weighted by atomic mass is 32.1. The number of ether oxygens (including phenoxy) is 1. The number of hydrogen-bond donors (Lipinski definition) is 2. The molecule has 0 bridgehead atoms. The van der Waals surface area contributed by atoms with Crippen molar-refractivity contribution in [1.29, 1.82) is 0 Å². The highest BCUT2D eigenvalue weighted by molar-refractivity contribution is 7.17. The fourth-order valence-corrected chi connectivity index (χ4v) is 4.67. The van der Waals surface area contributed by atoms with E-state index in [1.807, 2.05) is 34.5 Å². The van der Waals surface area contributed by atoms with Crippen molar-refractivity contribution in [3.8, 4) is 16.9 Å². The van der Waals surface area contributed by atoms with Crippen molar-refractivity contribution >= 4 is 33.4 Å². The molecule has 2 N–H and O–H groups in total. The van der Waals surface area contributed by atoms with Gasteiger partial charge in [-0.1, -0.05) is 18.2 Å². The molecule has 2 aromatic heterocycles. The average Bonchev–Trinajstić information content (AvgIpc) is 3.22. The third-order valence-electron chi connectivity index (χ3n) is 5.31. The molecule has 1 amide bonds. The van der Waals surface area contributed by atoms with Gasteiger partial charge in [-0.15, -0.1) is 17.9 Å². The number of fused-ring (bicyclic) bond motifs is 1. The van der Waals surface area contributed by atoms with Crippen LogP contribution in [0.5, 0.6) is 5.75 Å². The Balaban J connectivity index is 1.67. The number of rotatable bonds is 6. The summed E-state index contributed by atoms with van der Waals surface area (Å²) in [5, 5.41) is 4.82. The third kappa shape index (κ3) is 3.95. The van der Waals surface area contributed by atoms with Gasteiger partial charge in [-0.3, -0.25) is 14.6 Å². The van der Waals surface area contributed by atoms with E-state index in [0.29, 0.717) is 29.3 Å². The predicted molar refractivity (Wildman–Crippen MR) is 120 cm³/mol. The molecule has 1 aliphatic heterocycles. The summed E-state index contributed by atoms with van der Waals surface area (Å²) in [6, 6.07) is 7.72. The maximum atomic E-state index is 12.7. The van der Waals surface area contributed by atoms with Crippen LogP contribution >= 0.6 is 11.3 Å². The molecule has 0 aliphatic carbocycles. The SMILES string of the molecule is C=CCNC(=O)[C@H]1CCCN(c2nc3c(-c4cccc(OC)c4)csc3c(=O)[nH]2)C1. The van der Waals surface area contributed by atoms with Gasteiger partial charge < -0.3 is 15.0 Å². The largest absolute Gasteiger partial charge is 0.497 e. The Bertz CT molecular complexity index is 1140. The average molecular weight is 425 g/mol. The number of piperidine rings is 1. The molecule has 156 valence electrons. The Morgan fingerprint density at radius 1 is 1.50 bits per heavy atom. The highest BCUT2D eigenvalue weighted by Crippen LogP contribution is 2.33. The molecular formula is C22H24N4O3S. The molecule has 1 aromatic carbocycles. The Morgan fingerprint density at radius 2 is 2.37 bits per heavy atom. The zero-order valence-electron chi connectivity index (χ0n) is 16.8. The molecule has 0 unspecified atom stereocenters. The van der Waals surface area contributed by atoms with Crippen LogP contribution in [0, 0.1) is 5.92 Å². The number of H-pyrrole nitrogens is 1. The first kappa shape index (κ1) is 20.2. The number of anilines is 1. The first-order chi connectivity index (χ1) is 14.6. The van der Waals surface area contributed by atoms with Gasteiger partial charge in [0.2, 0.25) is 11.9 Å². The summed E-state index contributed by atoms with van der Waals surface area (Å²) in [7, 11) is 1.63. The molecule has 1 atom stereocenters. The van der Waals surface area contributed by atoms with Crippen LogP contribution in [0.4, 0.5) is 5.95 Å². The second kappa shape index (κ2) is 8.71. The molecule has 1 fully saturated rings. The summed E-state index contributed by atoms with van der Waals surface area (Å²) in [6.45, 7) is 5.36. The first-order valence-electron chi connectivity index (χ1n) is 9.90. The number of methoxy groups -OCH3 is 1.